The first-order valence-electron chi connectivity index (χ1n) is 6.13. The third-order valence-corrected chi connectivity index (χ3v) is 3.42. The first-order chi connectivity index (χ1) is 9.22. The molecule has 1 heterocycles. The van der Waals surface area contributed by atoms with Crippen molar-refractivity contribution in [2.24, 2.45) is 0 Å². The third kappa shape index (κ3) is 2.58. The summed E-state index contributed by atoms with van der Waals surface area (Å²) in [5, 5.41) is 3.01. The molecule has 1 aliphatic carbocycles. The molecule has 1 N–H and O–H groups in total. The molecule has 1 amide bonds. The number of halogens is 1. The van der Waals surface area contributed by atoms with Crippen molar-refractivity contribution in [2.75, 3.05) is 5.32 Å². The molecular weight excluding hydrogens is 262 g/mol. The van der Waals surface area contributed by atoms with Crippen molar-refractivity contribution in [1.82, 2.24) is 9.97 Å². The number of nitrogens with zero attached hydrogens (tertiary/aromatic N) is 2. The summed E-state index contributed by atoms with van der Waals surface area (Å²) in [6.45, 7) is 0. The van der Waals surface area contributed by atoms with Crippen LogP contribution in [0.25, 0.3) is 0 Å². The lowest BCUT2D eigenvalue weighted by atomic mass is 10.1. The SMILES string of the molecule is O=C(Nc1cnc(Cl)cn1)c1ccc2c(c1)CCC2. The summed E-state index contributed by atoms with van der Waals surface area (Å²) in [5.74, 6) is 0.223. The molecule has 0 saturated heterocycles. The molecule has 19 heavy (non-hydrogen) atoms. The Bertz CT molecular complexity index is 625. The van der Waals surface area contributed by atoms with Gasteiger partial charge in [-0.1, -0.05) is 17.7 Å². The zero-order chi connectivity index (χ0) is 13.2. The van der Waals surface area contributed by atoms with Crippen LogP contribution in [-0.2, 0) is 12.8 Å². The van der Waals surface area contributed by atoms with Crippen molar-refractivity contribution in [3.05, 3.63) is 52.4 Å². The highest BCUT2D eigenvalue weighted by Crippen LogP contribution is 2.23. The molecule has 0 saturated carbocycles. The monoisotopic (exact) mass is 273 g/mol. The van der Waals surface area contributed by atoms with Crippen LogP contribution in [0.15, 0.2) is 30.6 Å². The van der Waals surface area contributed by atoms with E-state index in [0.717, 1.165) is 12.8 Å². The van der Waals surface area contributed by atoms with Gasteiger partial charge in [0.15, 0.2) is 5.82 Å². The fraction of sp³-hybridized carbons (Fsp3) is 0.214. The average molecular weight is 274 g/mol. The van der Waals surface area contributed by atoms with E-state index < -0.39 is 0 Å². The molecule has 0 unspecified atom stereocenters. The average Bonchev–Trinajstić information content (AvgIpc) is 2.88. The van der Waals surface area contributed by atoms with Crippen LogP contribution in [-0.4, -0.2) is 15.9 Å². The summed E-state index contributed by atoms with van der Waals surface area (Å²) in [6.07, 6.45) is 6.17. The van der Waals surface area contributed by atoms with Crippen LogP contribution in [0.1, 0.15) is 27.9 Å². The van der Waals surface area contributed by atoms with Crippen LogP contribution in [0.4, 0.5) is 5.82 Å². The first-order valence-corrected chi connectivity index (χ1v) is 6.51. The maximum atomic E-state index is 12.1. The van der Waals surface area contributed by atoms with Crippen LogP contribution < -0.4 is 5.32 Å². The molecule has 5 heteroatoms. The van der Waals surface area contributed by atoms with E-state index in [1.807, 2.05) is 18.2 Å². The standard InChI is InChI=1S/C14H12ClN3O/c15-12-7-17-13(8-16-12)18-14(19)11-5-4-9-2-1-3-10(9)6-11/h4-8H,1-3H2,(H,17,18,19). The van der Waals surface area contributed by atoms with Gasteiger partial charge in [0.05, 0.1) is 12.4 Å². The lowest BCUT2D eigenvalue weighted by molar-refractivity contribution is 0.102. The highest BCUT2D eigenvalue weighted by Gasteiger charge is 2.14. The number of amides is 1. The number of hydrogen-bond donors (Lipinski definition) is 1. The summed E-state index contributed by atoms with van der Waals surface area (Å²) in [6, 6.07) is 5.84. The lowest BCUT2D eigenvalue weighted by Gasteiger charge is -2.06. The van der Waals surface area contributed by atoms with Gasteiger partial charge in [0.1, 0.15) is 5.15 Å². The Morgan fingerprint density at radius 2 is 2.00 bits per heavy atom. The second-order valence-corrected chi connectivity index (χ2v) is 4.90. The number of carbonyl (C=O) groups excluding carboxylic acids is 1. The van der Waals surface area contributed by atoms with Crippen LogP contribution in [0.2, 0.25) is 5.15 Å². The van der Waals surface area contributed by atoms with Gasteiger partial charge in [-0.2, -0.15) is 0 Å². The van der Waals surface area contributed by atoms with E-state index in [4.69, 9.17) is 11.6 Å². The minimum atomic E-state index is -0.175. The van der Waals surface area contributed by atoms with E-state index in [1.54, 1.807) is 0 Å². The third-order valence-electron chi connectivity index (χ3n) is 3.22. The Morgan fingerprint density at radius 1 is 1.16 bits per heavy atom. The molecule has 1 aromatic heterocycles. The molecule has 2 aromatic rings. The van der Waals surface area contributed by atoms with Crippen LogP contribution in [0.3, 0.4) is 0 Å². The summed E-state index contributed by atoms with van der Waals surface area (Å²) in [4.78, 5) is 19.9. The number of carbonyl (C=O) groups is 1. The number of hydrogen-bond acceptors (Lipinski definition) is 3. The highest BCUT2D eigenvalue weighted by molar-refractivity contribution is 6.29. The Labute approximate surface area is 115 Å². The van der Waals surface area contributed by atoms with Gasteiger partial charge >= 0.3 is 0 Å². The lowest BCUT2D eigenvalue weighted by Crippen LogP contribution is -2.13. The Kier molecular flexibility index (Phi) is 3.17. The molecular formula is C14H12ClN3O. The maximum Gasteiger partial charge on any atom is 0.256 e. The van der Waals surface area contributed by atoms with E-state index in [9.17, 15) is 4.79 Å². The van der Waals surface area contributed by atoms with Crippen molar-refractivity contribution in [1.29, 1.82) is 0 Å². The number of anilines is 1. The van der Waals surface area contributed by atoms with E-state index >= 15 is 0 Å². The molecule has 3 rings (SSSR count). The molecule has 1 aliphatic rings. The number of benzene rings is 1. The van der Waals surface area contributed by atoms with E-state index in [1.165, 1.54) is 29.9 Å². The van der Waals surface area contributed by atoms with Gasteiger partial charge in [-0.15, -0.1) is 0 Å². The van der Waals surface area contributed by atoms with Gasteiger partial charge < -0.3 is 5.32 Å². The molecule has 1 aromatic carbocycles. The Balaban J connectivity index is 1.78. The number of fused-ring (bicyclic) bond motifs is 1. The molecule has 0 spiro atoms. The number of aromatic nitrogens is 2. The summed E-state index contributed by atoms with van der Waals surface area (Å²) < 4.78 is 0. The molecule has 0 aliphatic heterocycles. The largest absolute Gasteiger partial charge is 0.305 e. The topological polar surface area (TPSA) is 54.9 Å². The Hall–Kier alpha value is -1.94. The van der Waals surface area contributed by atoms with E-state index in [0.29, 0.717) is 16.5 Å². The van der Waals surface area contributed by atoms with E-state index in [2.05, 4.69) is 15.3 Å². The van der Waals surface area contributed by atoms with Gasteiger partial charge in [-0.25, -0.2) is 9.97 Å². The van der Waals surface area contributed by atoms with Crippen LogP contribution in [0, 0.1) is 0 Å². The molecule has 0 fully saturated rings. The van der Waals surface area contributed by atoms with Gasteiger partial charge in [0, 0.05) is 5.56 Å². The van der Waals surface area contributed by atoms with Crippen molar-refractivity contribution in [3.63, 3.8) is 0 Å². The molecule has 4 nitrogen and oxygen atoms in total. The second-order valence-electron chi connectivity index (χ2n) is 4.52. The highest BCUT2D eigenvalue weighted by atomic mass is 35.5. The number of rotatable bonds is 2. The van der Waals surface area contributed by atoms with Crippen molar-refractivity contribution in [2.45, 2.75) is 19.3 Å². The molecule has 96 valence electrons. The van der Waals surface area contributed by atoms with Gasteiger partial charge in [-0.05, 0) is 42.5 Å². The van der Waals surface area contributed by atoms with Crippen LogP contribution in [0.5, 0.6) is 0 Å². The smallest absolute Gasteiger partial charge is 0.256 e. The predicted molar refractivity (Wildman–Crippen MR) is 73.5 cm³/mol. The normalized spacial score (nSPS) is 13.1. The first kappa shape index (κ1) is 12.1. The Morgan fingerprint density at radius 3 is 2.79 bits per heavy atom. The van der Waals surface area contributed by atoms with Gasteiger partial charge in [-0.3, -0.25) is 4.79 Å². The molecule has 0 radical (unpaired) electrons. The van der Waals surface area contributed by atoms with Gasteiger partial charge in [0.25, 0.3) is 5.91 Å². The number of aryl methyl sites for hydroxylation is 2. The second kappa shape index (κ2) is 4.97. The van der Waals surface area contributed by atoms with Crippen molar-refractivity contribution >= 4 is 23.3 Å². The van der Waals surface area contributed by atoms with Crippen molar-refractivity contribution < 1.29 is 4.79 Å². The van der Waals surface area contributed by atoms with Gasteiger partial charge in [0.2, 0.25) is 0 Å². The minimum absolute atomic E-state index is 0.175. The maximum absolute atomic E-state index is 12.1. The van der Waals surface area contributed by atoms with Crippen molar-refractivity contribution in [3.8, 4) is 0 Å². The number of nitrogens with one attached hydrogen (secondary N) is 1. The fourth-order valence-electron chi connectivity index (χ4n) is 2.28. The summed E-state index contributed by atoms with van der Waals surface area (Å²) >= 11 is 5.64. The zero-order valence-electron chi connectivity index (χ0n) is 10.2. The summed E-state index contributed by atoms with van der Waals surface area (Å²) in [5.41, 5.74) is 3.27. The molecule has 0 bridgehead atoms. The van der Waals surface area contributed by atoms with E-state index in [-0.39, 0.29) is 5.91 Å². The minimum Gasteiger partial charge on any atom is -0.305 e. The van der Waals surface area contributed by atoms with Crippen LogP contribution >= 0.6 is 11.6 Å². The molecule has 0 atom stereocenters. The fourth-order valence-corrected chi connectivity index (χ4v) is 2.38. The zero-order valence-corrected chi connectivity index (χ0v) is 10.9. The summed E-state index contributed by atoms with van der Waals surface area (Å²) in [7, 11) is 0. The quantitative estimate of drug-likeness (QED) is 0.915. The predicted octanol–water partition coefficient (Wildman–Crippen LogP) is 2.87.